The Kier molecular flexibility index (Phi) is 3.93. The molecule has 0 saturated heterocycles. The van der Waals surface area contributed by atoms with Crippen LogP contribution in [-0.2, 0) is 23.2 Å². The molecule has 0 N–H and O–H groups in total. The molecule has 0 spiro atoms. The Balaban J connectivity index is 3.29. The maximum Gasteiger partial charge on any atom is 0.281 e. The molecule has 0 amide bonds. The highest BCUT2D eigenvalue weighted by Crippen LogP contribution is 2.28. The lowest BCUT2D eigenvalue weighted by Gasteiger charge is -2.23. The lowest BCUT2D eigenvalue weighted by molar-refractivity contribution is 0.506. The van der Waals surface area contributed by atoms with Gasteiger partial charge in [-0.05, 0) is 29.5 Å². The first kappa shape index (κ1) is 15.2. The molecule has 0 atom stereocenters. The van der Waals surface area contributed by atoms with Crippen LogP contribution < -0.4 is 0 Å². The fraction of sp³-hybridized carbons (Fsp3) is 0.500. The van der Waals surface area contributed by atoms with Crippen LogP contribution in [0.15, 0.2) is 29.2 Å². The van der Waals surface area contributed by atoms with Gasteiger partial charge in [0.1, 0.15) is 0 Å². The lowest BCUT2D eigenvalue weighted by atomic mass is 9.82. The zero-order valence-corrected chi connectivity index (χ0v) is 12.6. The Labute approximate surface area is 108 Å². The largest absolute Gasteiger partial charge is 0.281 e. The van der Waals surface area contributed by atoms with Gasteiger partial charge in [-0.15, -0.1) is 0 Å². The van der Waals surface area contributed by atoms with E-state index in [1.807, 2.05) is 20.8 Å². The van der Waals surface area contributed by atoms with Gasteiger partial charge in [-0.1, -0.05) is 32.9 Å². The van der Waals surface area contributed by atoms with E-state index in [-0.39, 0.29) is 10.3 Å². The van der Waals surface area contributed by atoms with Crippen molar-refractivity contribution in [2.75, 3.05) is 6.26 Å². The lowest BCUT2D eigenvalue weighted by Crippen LogP contribution is -2.17. The minimum Gasteiger partial charge on any atom is -0.213 e. The fourth-order valence-electron chi connectivity index (χ4n) is 1.45. The number of hydrogen-bond donors (Lipinski definition) is 0. The summed E-state index contributed by atoms with van der Waals surface area (Å²) in [6.45, 7) is 6.14. The molecule has 0 aliphatic carbocycles. The molecule has 0 aliphatic heterocycles. The van der Waals surface area contributed by atoms with Crippen molar-refractivity contribution in [2.45, 2.75) is 37.5 Å². The van der Waals surface area contributed by atoms with Gasteiger partial charge in [-0.2, -0.15) is 0 Å². The van der Waals surface area contributed by atoms with Gasteiger partial charge >= 0.3 is 0 Å². The van der Waals surface area contributed by atoms with Gasteiger partial charge in [0.25, 0.3) is 17.7 Å². The molecule has 1 rings (SSSR count). The van der Waals surface area contributed by atoms with Crippen LogP contribution in [0.2, 0.25) is 0 Å². The van der Waals surface area contributed by atoms with Crippen LogP contribution in [0.25, 0.3) is 0 Å². The highest BCUT2D eigenvalue weighted by molar-refractivity contribution is 8.66. The summed E-state index contributed by atoms with van der Waals surface area (Å²) in [7, 11) is -8.41. The molecule has 6 heteroatoms. The molecular weight excluding hydrogens is 272 g/mol. The van der Waals surface area contributed by atoms with Gasteiger partial charge in [-0.25, -0.2) is 16.8 Å². The molecular formula is C12H18O4S2. The second-order valence-electron chi connectivity index (χ2n) is 4.92. The first-order valence-electron chi connectivity index (χ1n) is 5.58. The summed E-state index contributed by atoms with van der Waals surface area (Å²) in [5.41, 5.74) is 0.922. The van der Waals surface area contributed by atoms with Gasteiger partial charge < -0.3 is 0 Å². The van der Waals surface area contributed by atoms with Crippen LogP contribution in [0.5, 0.6) is 0 Å². The average molecular weight is 290 g/mol. The summed E-state index contributed by atoms with van der Waals surface area (Å²) in [6.07, 6.45) is 1.61. The number of benzene rings is 1. The predicted molar refractivity (Wildman–Crippen MR) is 71.8 cm³/mol. The molecule has 0 saturated carbocycles. The summed E-state index contributed by atoms with van der Waals surface area (Å²) in [6, 6.07) is 6.04. The SMILES string of the molecule is CCC(C)(C)c1ccc(S(=O)(=O)S(C)(=O)=O)cc1. The standard InChI is InChI=1S/C12H18O4S2/c1-5-12(2,3)10-6-8-11(9-7-10)18(15,16)17(4,13)14/h6-9H,5H2,1-4H3. The Hall–Kier alpha value is -0.880. The van der Waals surface area contributed by atoms with E-state index in [0.717, 1.165) is 12.0 Å². The van der Waals surface area contributed by atoms with Crippen molar-refractivity contribution < 1.29 is 16.8 Å². The first-order valence-corrected chi connectivity index (χ1v) is 9.47. The monoisotopic (exact) mass is 290 g/mol. The Bertz CT molecular complexity index is 623. The van der Waals surface area contributed by atoms with Crippen molar-refractivity contribution in [3.8, 4) is 0 Å². The van der Waals surface area contributed by atoms with Gasteiger partial charge in [0.2, 0.25) is 0 Å². The van der Waals surface area contributed by atoms with E-state index in [2.05, 4.69) is 0 Å². The zero-order valence-electron chi connectivity index (χ0n) is 11.0. The Morgan fingerprint density at radius 2 is 1.44 bits per heavy atom. The molecule has 0 radical (unpaired) electrons. The first-order chi connectivity index (χ1) is 8.02. The molecule has 0 fully saturated rings. The summed E-state index contributed by atoms with van der Waals surface area (Å²) < 4.78 is 45.8. The van der Waals surface area contributed by atoms with E-state index in [4.69, 9.17) is 0 Å². The maximum absolute atomic E-state index is 11.7. The van der Waals surface area contributed by atoms with Crippen LogP contribution in [0.4, 0.5) is 0 Å². The third kappa shape index (κ3) is 2.75. The summed E-state index contributed by atoms with van der Waals surface area (Å²) >= 11 is 0. The van der Waals surface area contributed by atoms with Crippen molar-refractivity contribution >= 4 is 17.7 Å². The molecule has 0 unspecified atom stereocenters. The van der Waals surface area contributed by atoms with Crippen LogP contribution in [-0.4, -0.2) is 23.1 Å². The summed E-state index contributed by atoms with van der Waals surface area (Å²) in [5, 5.41) is 0. The van der Waals surface area contributed by atoms with E-state index in [1.54, 1.807) is 12.1 Å². The van der Waals surface area contributed by atoms with Gasteiger partial charge in [-0.3, -0.25) is 0 Å². The van der Waals surface area contributed by atoms with Crippen molar-refractivity contribution in [3.05, 3.63) is 29.8 Å². The highest BCUT2D eigenvalue weighted by atomic mass is 33.2. The molecule has 0 bridgehead atoms. The number of rotatable bonds is 4. The van der Waals surface area contributed by atoms with Crippen molar-refractivity contribution in [1.82, 2.24) is 0 Å². The Morgan fingerprint density at radius 3 is 1.78 bits per heavy atom. The molecule has 1 aromatic carbocycles. The van der Waals surface area contributed by atoms with Gasteiger partial charge in [0.05, 0.1) is 11.2 Å². The van der Waals surface area contributed by atoms with Crippen LogP contribution in [0, 0.1) is 0 Å². The summed E-state index contributed by atoms with van der Waals surface area (Å²) in [5.74, 6) is 0. The van der Waals surface area contributed by atoms with Gasteiger partial charge in [0, 0.05) is 0 Å². The predicted octanol–water partition coefficient (Wildman–Crippen LogP) is 2.11. The van der Waals surface area contributed by atoms with E-state index in [0.29, 0.717) is 6.26 Å². The van der Waals surface area contributed by atoms with Crippen LogP contribution in [0.3, 0.4) is 0 Å². The third-order valence-corrected chi connectivity index (χ3v) is 7.82. The van der Waals surface area contributed by atoms with Gasteiger partial charge in [0.15, 0.2) is 0 Å². The van der Waals surface area contributed by atoms with E-state index in [9.17, 15) is 16.8 Å². The summed E-state index contributed by atoms with van der Waals surface area (Å²) in [4.78, 5) is -0.180. The van der Waals surface area contributed by atoms with E-state index in [1.165, 1.54) is 12.1 Å². The molecule has 0 heterocycles. The molecule has 102 valence electrons. The average Bonchev–Trinajstić information content (AvgIpc) is 2.27. The van der Waals surface area contributed by atoms with Crippen molar-refractivity contribution in [2.24, 2.45) is 0 Å². The zero-order chi connectivity index (χ0) is 14.2. The smallest absolute Gasteiger partial charge is 0.213 e. The third-order valence-electron chi connectivity index (χ3n) is 3.21. The molecule has 0 aromatic heterocycles. The quantitative estimate of drug-likeness (QED) is 0.796. The topological polar surface area (TPSA) is 68.3 Å². The minimum atomic E-state index is -4.27. The normalized spacial score (nSPS) is 13.6. The Morgan fingerprint density at radius 1 is 1.00 bits per heavy atom. The molecule has 1 aromatic rings. The number of hydrogen-bond acceptors (Lipinski definition) is 4. The van der Waals surface area contributed by atoms with Crippen LogP contribution >= 0.6 is 0 Å². The molecule has 0 aliphatic rings. The minimum absolute atomic E-state index is 0.0621. The fourth-order valence-corrected chi connectivity index (χ4v) is 3.65. The molecule has 18 heavy (non-hydrogen) atoms. The second kappa shape index (κ2) is 4.66. The highest BCUT2D eigenvalue weighted by Gasteiger charge is 2.27. The van der Waals surface area contributed by atoms with Crippen LogP contribution in [0.1, 0.15) is 32.8 Å². The van der Waals surface area contributed by atoms with E-state index >= 15 is 0 Å². The maximum atomic E-state index is 11.7. The molecule has 4 nitrogen and oxygen atoms in total. The second-order valence-corrected chi connectivity index (χ2v) is 10.8. The van der Waals surface area contributed by atoms with Crippen molar-refractivity contribution in [3.63, 3.8) is 0 Å². The van der Waals surface area contributed by atoms with Crippen molar-refractivity contribution in [1.29, 1.82) is 0 Å². The van der Waals surface area contributed by atoms with E-state index < -0.39 is 17.7 Å².